The fraction of sp³-hybridized carbons (Fsp3) is 0.533. The van der Waals surface area contributed by atoms with Crippen LogP contribution in [0.5, 0.6) is 0 Å². The largest absolute Gasteiger partial charge is 0.469 e. The maximum atomic E-state index is 5.65. The summed E-state index contributed by atoms with van der Waals surface area (Å²) in [6, 6.07) is 4.57. The number of nitrogens with zero attached hydrogens (tertiary/aromatic N) is 2. The molecule has 0 fully saturated rings. The Morgan fingerprint density at radius 1 is 1.40 bits per heavy atom. The number of hydrogen-bond acceptors (Lipinski definition) is 4. The van der Waals surface area contributed by atoms with Crippen molar-refractivity contribution in [3.8, 4) is 0 Å². The fourth-order valence-corrected chi connectivity index (χ4v) is 2.48. The third-order valence-corrected chi connectivity index (χ3v) is 3.75. The Balaban J connectivity index is 2.08. The van der Waals surface area contributed by atoms with E-state index in [2.05, 4.69) is 41.3 Å². The SMILES string of the molecule is CCC(CC)n1ccc(CC(NN)c2coc(C)c2)n1. The molecular formula is C15H24N4O. The lowest BCUT2D eigenvalue weighted by molar-refractivity contribution is 0.422. The van der Waals surface area contributed by atoms with Crippen LogP contribution in [-0.2, 0) is 6.42 Å². The molecule has 2 aromatic heterocycles. The van der Waals surface area contributed by atoms with Crippen LogP contribution in [-0.4, -0.2) is 9.78 Å². The molecule has 1 unspecified atom stereocenters. The first-order valence-corrected chi connectivity index (χ1v) is 7.23. The lowest BCUT2D eigenvalue weighted by Gasteiger charge is -2.14. The van der Waals surface area contributed by atoms with Gasteiger partial charge in [-0.25, -0.2) is 0 Å². The summed E-state index contributed by atoms with van der Waals surface area (Å²) in [6.45, 7) is 6.31. The zero-order valence-corrected chi connectivity index (χ0v) is 12.5. The van der Waals surface area contributed by atoms with Gasteiger partial charge in [-0.05, 0) is 31.9 Å². The van der Waals surface area contributed by atoms with Gasteiger partial charge in [0, 0.05) is 18.2 Å². The number of hydrogen-bond donors (Lipinski definition) is 2. The molecule has 0 amide bonds. The first kappa shape index (κ1) is 14.8. The predicted octanol–water partition coefficient (Wildman–Crippen LogP) is 2.89. The summed E-state index contributed by atoms with van der Waals surface area (Å²) in [7, 11) is 0. The van der Waals surface area contributed by atoms with Crippen molar-refractivity contribution in [2.45, 2.75) is 52.1 Å². The van der Waals surface area contributed by atoms with Crippen LogP contribution in [0.3, 0.4) is 0 Å². The Bertz CT molecular complexity index is 527. The summed E-state index contributed by atoms with van der Waals surface area (Å²) >= 11 is 0. The number of hydrazine groups is 1. The molecule has 0 spiro atoms. The lowest BCUT2D eigenvalue weighted by atomic mass is 10.1. The van der Waals surface area contributed by atoms with Gasteiger partial charge in [-0.3, -0.25) is 16.0 Å². The van der Waals surface area contributed by atoms with Gasteiger partial charge in [0.25, 0.3) is 0 Å². The van der Waals surface area contributed by atoms with Crippen molar-refractivity contribution in [3.63, 3.8) is 0 Å². The second kappa shape index (κ2) is 6.72. The fourth-order valence-electron chi connectivity index (χ4n) is 2.48. The smallest absolute Gasteiger partial charge is 0.101 e. The molecule has 0 saturated carbocycles. The molecule has 0 saturated heterocycles. The quantitative estimate of drug-likeness (QED) is 0.602. The number of aryl methyl sites for hydroxylation is 1. The van der Waals surface area contributed by atoms with Crippen LogP contribution in [0.25, 0.3) is 0 Å². The minimum atomic E-state index is 0.0255. The summed E-state index contributed by atoms with van der Waals surface area (Å²) < 4.78 is 7.40. The molecule has 2 heterocycles. The summed E-state index contributed by atoms with van der Waals surface area (Å²) in [5.74, 6) is 6.55. The van der Waals surface area contributed by atoms with Gasteiger partial charge >= 0.3 is 0 Å². The van der Waals surface area contributed by atoms with E-state index in [1.54, 1.807) is 6.26 Å². The van der Waals surface area contributed by atoms with Gasteiger partial charge in [0.2, 0.25) is 0 Å². The van der Waals surface area contributed by atoms with Crippen LogP contribution < -0.4 is 11.3 Å². The van der Waals surface area contributed by atoms with E-state index in [1.807, 2.05) is 13.0 Å². The number of furan rings is 1. The molecule has 0 aliphatic heterocycles. The molecule has 2 rings (SSSR count). The molecule has 0 aliphatic carbocycles. The highest BCUT2D eigenvalue weighted by atomic mass is 16.3. The van der Waals surface area contributed by atoms with Crippen molar-refractivity contribution < 1.29 is 4.42 Å². The van der Waals surface area contributed by atoms with Crippen molar-refractivity contribution in [1.82, 2.24) is 15.2 Å². The average Bonchev–Trinajstić information content (AvgIpc) is 3.07. The molecule has 0 radical (unpaired) electrons. The van der Waals surface area contributed by atoms with Gasteiger partial charge < -0.3 is 4.42 Å². The Morgan fingerprint density at radius 3 is 2.70 bits per heavy atom. The number of nitrogens with two attached hydrogens (primary N) is 1. The first-order chi connectivity index (χ1) is 9.67. The highest BCUT2D eigenvalue weighted by Gasteiger charge is 2.15. The number of rotatable bonds is 7. The molecule has 0 aromatic carbocycles. The molecule has 3 N–H and O–H groups in total. The van der Waals surface area contributed by atoms with E-state index in [4.69, 9.17) is 10.3 Å². The van der Waals surface area contributed by atoms with Gasteiger partial charge in [0.1, 0.15) is 5.76 Å². The summed E-state index contributed by atoms with van der Waals surface area (Å²) in [5.41, 5.74) is 4.94. The van der Waals surface area contributed by atoms with E-state index in [0.29, 0.717) is 6.04 Å². The highest BCUT2D eigenvalue weighted by Crippen LogP contribution is 2.21. The van der Waals surface area contributed by atoms with E-state index >= 15 is 0 Å². The van der Waals surface area contributed by atoms with E-state index in [-0.39, 0.29) is 6.04 Å². The van der Waals surface area contributed by atoms with Crippen molar-refractivity contribution in [1.29, 1.82) is 0 Å². The topological polar surface area (TPSA) is 69.0 Å². The van der Waals surface area contributed by atoms with Crippen molar-refractivity contribution in [2.75, 3.05) is 0 Å². The van der Waals surface area contributed by atoms with Crippen LogP contribution >= 0.6 is 0 Å². The van der Waals surface area contributed by atoms with Gasteiger partial charge in [-0.2, -0.15) is 5.10 Å². The molecule has 5 nitrogen and oxygen atoms in total. The average molecular weight is 276 g/mol. The van der Waals surface area contributed by atoms with Gasteiger partial charge in [0.15, 0.2) is 0 Å². The van der Waals surface area contributed by atoms with Crippen molar-refractivity contribution in [2.24, 2.45) is 5.84 Å². The molecule has 2 aromatic rings. The third kappa shape index (κ3) is 3.29. The second-order valence-electron chi connectivity index (χ2n) is 5.17. The molecule has 0 aliphatic rings. The summed E-state index contributed by atoms with van der Waals surface area (Å²) in [4.78, 5) is 0. The van der Waals surface area contributed by atoms with Crippen LogP contribution in [0.4, 0.5) is 0 Å². The first-order valence-electron chi connectivity index (χ1n) is 7.23. The minimum absolute atomic E-state index is 0.0255. The molecule has 1 atom stereocenters. The van der Waals surface area contributed by atoms with Gasteiger partial charge in [-0.1, -0.05) is 13.8 Å². The predicted molar refractivity (Wildman–Crippen MR) is 79.1 cm³/mol. The monoisotopic (exact) mass is 276 g/mol. The zero-order valence-electron chi connectivity index (χ0n) is 12.5. The molecule has 20 heavy (non-hydrogen) atoms. The Hall–Kier alpha value is -1.59. The van der Waals surface area contributed by atoms with Gasteiger partial charge in [0.05, 0.1) is 24.0 Å². The minimum Gasteiger partial charge on any atom is -0.469 e. The molecule has 0 bridgehead atoms. The maximum absolute atomic E-state index is 5.65. The molecule has 5 heteroatoms. The maximum Gasteiger partial charge on any atom is 0.101 e. The Morgan fingerprint density at radius 2 is 2.15 bits per heavy atom. The lowest BCUT2D eigenvalue weighted by Crippen LogP contribution is -2.29. The van der Waals surface area contributed by atoms with Gasteiger partial charge in [-0.15, -0.1) is 0 Å². The van der Waals surface area contributed by atoms with Crippen LogP contribution in [0.1, 0.15) is 55.8 Å². The molecule has 110 valence electrons. The normalized spacial score (nSPS) is 13.1. The van der Waals surface area contributed by atoms with Crippen molar-refractivity contribution >= 4 is 0 Å². The van der Waals surface area contributed by atoms with Crippen LogP contribution in [0.2, 0.25) is 0 Å². The van der Waals surface area contributed by atoms with E-state index in [1.165, 1.54) is 0 Å². The number of nitrogens with one attached hydrogen (secondary N) is 1. The third-order valence-electron chi connectivity index (χ3n) is 3.75. The summed E-state index contributed by atoms with van der Waals surface area (Å²) in [6.07, 6.45) is 6.75. The van der Waals surface area contributed by atoms with Crippen LogP contribution in [0.15, 0.2) is 29.0 Å². The standard InChI is InChI=1S/C15H24N4O/c1-4-14(5-2)19-7-6-13(18-19)9-15(17-16)12-8-11(3)20-10-12/h6-8,10,14-15,17H,4-5,9,16H2,1-3H3. The number of aromatic nitrogens is 2. The molecular weight excluding hydrogens is 252 g/mol. The van der Waals surface area contributed by atoms with E-state index in [0.717, 1.165) is 36.3 Å². The Kier molecular flexibility index (Phi) is 4.98. The second-order valence-corrected chi connectivity index (χ2v) is 5.17. The summed E-state index contributed by atoms with van der Waals surface area (Å²) in [5, 5.41) is 4.66. The Labute approximate surface area is 120 Å². The van der Waals surface area contributed by atoms with E-state index in [9.17, 15) is 0 Å². The highest BCUT2D eigenvalue weighted by molar-refractivity contribution is 5.18. The van der Waals surface area contributed by atoms with Crippen molar-refractivity contribution in [3.05, 3.63) is 41.6 Å². The zero-order chi connectivity index (χ0) is 14.5. The van der Waals surface area contributed by atoms with Crippen LogP contribution in [0, 0.1) is 6.92 Å². The van der Waals surface area contributed by atoms with E-state index < -0.39 is 0 Å².